The van der Waals surface area contributed by atoms with Crippen LogP contribution in [0, 0.1) is 5.82 Å². The van der Waals surface area contributed by atoms with E-state index in [0.717, 1.165) is 0 Å². The molecule has 4 nitrogen and oxygen atoms in total. The molecule has 1 heterocycles. The maximum absolute atomic E-state index is 13.5. The van der Waals surface area contributed by atoms with Crippen LogP contribution >= 0.6 is 11.6 Å². The van der Waals surface area contributed by atoms with Gasteiger partial charge in [0.2, 0.25) is 5.88 Å². The summed E-state index contributed by atoms with van der Waals surface area (Å²) < 4.78 is 23.0. The van der Waals surface area contributed by atoms with E-state index in [2.05, 4.69) is 9.68 Å². The number of benzene rings is 1. The quantitative estimate of drug-likeness (QED) is 0.880. The van der Waals surface area contributed by atoms with E-state index in [-0.39, 0.29) is 16.7 Å². The maximum atomic E-state index is 13.5. The van der Waals surface area contributed by atoms with Gasteiger partial charge in [-0.05, 0) is 12.1 Å². The molecule has 1 aromatic carbocycles. The number of rotatable bonds is 2. The molecule has 0 atom stereocenters. The predicted molar refractivity (Wildman–Crippen MR) is 57.9 cm³/mol. The lowest BCUT2D eigenvalue weighted by Gasteiger charge is -2.05. The molecule has 16 heavy (non-hydrogen) atoms. The molecule has 2 N–H and O–H groups in total. The highest BCUT2D eigenvalue weighted by Crippen LogP contribution is 2.33. The van der Waals surface area contributed by atoms with Crippen LogP contribution in [0.2, 0.25) is 5.02 Å². The summed E-state index contributed by atoms with van der Waals surface area (Å²) in [6.07, 6.45) is 0. The summed E-state index contributed by atoms with van der Waals surface area (Å²) in [7, 11) is 1.35. The number of nitrogens with two attached hydrogens (primary N) is 1. The topological polar surface area (TPSA) is 61.3 Å². The van der Waals surface area contributed by atoms with E-state index in [4.69, 9.17) is 22.1 Å². The fourth-order valence-electron chi connectivity index (χ4n) is 1.33. The Morgan fingerprint density at radius 1 is 1.44 bits per heavy atom. The number of methoxy groups -OCH3 is 1. The van der Waals surface area contributed by atoms with Crippen molar-refractivity contribution in [3.63, 3.8) is 0 Å². The Morgan fingerprint density at radius 3 is 2.69 bits per heavy atom. The SMILES string of the molecule is COc1c(F)cc(-c2cc(N)on2)cc1Cl. The Hall–Kier alpha value is -1.75. The highest BCUT2D eigenvalue weighted by atomic mass is 35.5. The lowest BCUT2D eigenvalue weighted by atomic mass is 10.1. The van der Waals surface area contributed by atoms with Crippen molar-refractivity contribution in [3.8, 4) is 17.0 Å². The molecule has 0 aliphatic rings. The molecule has 2 aromatic rings. The normalized spacial score (nSPS) is 10.4. The van der Waals surface area contributed by atoms with E-state index in [9.17, 15) is 4.39 Å². The molecule has 0 aliphatic carbocycles. The molecule has 2 rings (SSSR count). The molecule has 84 valence electrons. The zero-order valence-electron chi connectivity index (χ0n) is 8.33. The zero-order chi connectivity index (χ0) is 11.7. The minimum absolute atomic E-state index is 0.00174. The number of hydrogen-bond acceptors (Lipinski definition) is 4. The van der Waals surface area contributed by atoms with E-state index in [1.165, 1.54) is 25.3 Å². The van der Waals surface area contributed by atoms with Crippen molar-refractivity contribution in [3.05, 3.63) is 29.0 Å². The summed E-state index contributed by atoms with van der Waals surface area (Å²) in [6, 6.07) is 4.26. The molecule has 6 heteroatoms. The maximum Gasteiger partial charge on any atom is 0.222 e. The molecular weight excluding hydrogens is 235 g/mol. The van der Waals surface area contributed by atoms with Gasteiger partial charge in [0.1, 0.15) is 5.69 Å². The summed E-state index contributed by atoms with van der Waals surface area (Å²) in [4.78, 5) is 0. The number of aromatic nitrogens is 1. The lowest BCUT2D eigenvalue weighted by molar-refractivity contribution is 0.387. The van der Waals surface area contributed by atoms with Crippen LogP contribution in [0.1, 0.15) is 0 Å². The number of nitrogens with zero attached hydrogens (tertiary/aromatic N) is 1. The smallest absolute Gasteiger partial charge is 0.222 e. The summed E-state index contributed by atoms with van der Waals surface area (Å²) in [5, 5.41) is 3.82. The number of hydrogen-bond donors (Lipinski definition) is 1. The van der Waals surface area contributed by atoms with Crippen molar-refractivity contribution in [1.82, 2.24) is 5.16 Å². The first kappa shape index (κ1) is 10.8. The summed E-state index contributed by atoms with van der Waals surface area (Å²) >= 11 is 5.84. The van der Waals surface area contributed by atoms with Crippen molar-refractivity contribution in [2.45, 2.75) is 0 Å². The first-order chi connectivity index (χ1) is 7.61. The molecule has 0 saturated carbocycles. The van der Waals surface area contributed by atoms with Gasteiger partial charge in [-0.2, -0.15) is 0 Å². The summed E-state index contributed by atoms with van der Waals surface area (Å²) in [5.74, 6) is -0.407. The number of nitrogen functional groups attached to an aromatic ring is 1. The highest BCUT2D eigenvalue weighted by molar-refractivity contribution is 6.32. The molecule has 0 bridgehead atoms. The van der Waals surface area contributed by atoms with Crippen LogP contribution in [0.5, 0.6) is 5.75 Å². The summed E-state index contributed by atoms with van der Waals surface area (Å²) in [5.41, 5.74) is 6.26. The highest BCUT2D eigenvalue weighted by Gasteiger charge is 2.13. The van der Waals surface area contributed by atoms with E-state index < -0.39 is 5.82 Å². The third-order valence-electron chi connectivity index (χ3n) is 2.03. The van der Waals surface area contributed by atoms with Crippen LogP contribution in [-0.4, -0.2) is 12.3 Å². The van der Waals surface area contributed by atoms with E-state index >= 15 is 0 Å². The van der Waals surface area contributed by atoms with Gasteiger partial charge in [0.05, 0.1) is 12.1 Å². The van der Waals surface area contributed by atoms with Gasteiger partial charge in [-0.3, -0.25) is 0 Å². The van der Waals surface area contributed by atoms with Crippen LogP contribution < -0.4 is 10.5 Å². The van der Waals surface area contributed by atoms with Crippen LogP contribution in [-0.2, 0) is 0 Å². The van der Waals surface area contributed by atoms with E-state index in [1.807, 2.05) is 0 Å². The van der Waals surface area contributed by atoms with Gasteiger partial charge < -0.3 is 15.0 Å². The van der Waals surface area contributed by atoms with Gasteiger partial charge in [0, 0.05) is 11.6 Å². The van der Waals surface area contributed by atoms with Gasteiger partial charge in [-0.1, -0.05) is 16.8 Å². The average molecular weight is 243 g/mol. The minimum Gasteiger partial charge on any atom is -0.492 e. The van der Waals surface area contributed by atoms with Crippen LogP contribution in [0.25, 0.3) is 11.3 Å². The van der Waals surface area contributed by atoms with Gasteiger partial charge in [-0.15, -0.1) is 0 Å². The molecule has 0 aliphatic heterocycles. The van der Waals surface area contributed by atoms with Crippen LogP contribution in [0.4, 0.5) is 10.3 Å². The fraction of sp³-hybridized carbons (Fsp3) is 0.100. The molecule has 0 spiro atoms. The number of anilines is 1. The lowest BCUT2D eigenvalue weighted by Crippen LogP contribution is -1.90. The first-order valence-electron chi connectivity index (χ1n) is 4.37. The second kappa shape index (κ2) is 4.02. The first-order valence-corrected chi connectivity index (χ1v) is 4.75. The molecule has 0 amide bonds. The van der Waals surface area contributed by atoms with Crippen molar-refractivity contribution < 1.29 is 13.7 Å². The van der Waals surface area contributed by atoms with Gasteiger partial charge in [0.15, 0.2) is 11.6 Å². The second-order valence-corrected chi connectivity index (χ2v) is 3.49. The van der Waals surface area contributed by atoms with E-state index in [0.29, 0.717) is 11.3 Å². The molecule has 0 fully saturated rings. The zero-order valence-corrected chi connectivity index (χ0v) is 9.08. The van der Waals surface area contributed by atoms with E-state index in [1.54, 1.807) is 0 Å². The van der Waals surface area contributed by atoms with Crippen LogP contribution in [0.3, 0.4) is 0 Å². The third kappa shape index (κ3) is 1.81. The molecule has 1 aromatic heterocycles. The monoisotopic (exact) mass is 242 g/mol. The van der Waals surface area contributed by atoms with Crippen molar-refractivity contribution in [1.29, 1.82) is 0 Å². The Balaban J connectivity index is 2.52. The fourth-order valence-corrected chi connectivity index (χ4v) is 1.61. The minimum atomic E-state index is -0.563. The third-order valence-corrected chi connectivity index (χ3v) is 2.31. The Labute approximate surface area is 95.7 Å². The van der Waals surface area contributed by atoms with Crippen LogP contribution in [0.15, 0.2) is 22.7 Å². The largest absolute Gasteiger partial charge is 0.492 e. The van der Waals surface area contributed by atoms with Crippen molar-refractivity contribution >= 4 is 17.5 Å². The average Bonchev–Trinajstić information content (AvgIpc) is 2.64. The molecule has 0 unspecified atom stereocenters. The van der Waals surface area contributed by atoms with Crippen molar-refractivity contribution in [2.75, 3.05) is 12.8 Å². The van der Waals surface area contributed by atoms with Gasteiger partial charge >= 0.3 is 0 Å². The standard InChI is InChI=1S/C10H8ClFN2O2/c1-15-10-6(11)2-5(3-7(10)12)8-4-9(13)16-14-8/h2-4H,13H2,1H3. The Kier molecular flexibility index (Phi) is 2.70. The Bertz CT molecular complexity index is 504. The molecular formula is C10H8ClFN2O2. The van der Waals surface area contributed by atoms with Gasteiger partial charge in [0.25, 0.3) is 0 Å². The number of halogens is 2. The second-order valence-electron chi connectivity index (χ2n) is 3.09. The van der Waals surface area contributed by atoms with Gasteiger partial charge in [-0.25, -0.2) is 4.39 Å². The number of ether oxygens (including phenoxy) is 1. The Morgan fingerprint density at radius 2 is 2.19 bits per heavy atom. The molecule has 0 saturated heterocycles. The summed E-state index contributed by atoms with van der Waals surface area (Å²) in [6.45, 7) is 0. The van der Waals surface area contributed by atoms with Crippen molar-refractivity contribution in [2.24, 2.45) is 0 Å². The predicted octanol–water partition coefficient (Wildman–Crippen LogP) is 2.72. The molecule has 0 radical (unpaired) electrons.